The summed E-state index contributed by atoms with van der Waals surface area (Å²) in [5, 5.41) is 11.8. The molecule has 120 valence electrons. The summed E-state index contributed by atoms with van der Waals surface area (Å²) in [5.41, 5.74) is 1.54. The summed E-state index contributed by atoms with van der Waals surface area (Å²) in [7, 11) is 0. The average Bonchev–Trinajstić information content (AvgIpc) is 2.54. The summed E-state index contributed by atoms with van der Waals surface area (Å²) in [5.74, 6) is -0.752. The van der Waals surface area contributed by atoms with Crippen LogP contribution in [-0.4, -0.2) is 18.0 Å². The Morgan fingerprint density at radius 1 is 1.26 bits per heavy atom. The highest BCUT2D eigenvalue weighted by Crippen LogP contribution is 2.26. The summed E-state index contributed by atoms with van der Waals surface area (Å²) in [6.45, 7) is 1.45. The van der Waals surface area contributed by atoms with Crippen molar-refractivity contribution in [2.45, 2.75) is 38.7 Å². The van der Waals surface area contributed by atoms with Gasteiger partial charge in [-0.15, -0.1) is 0 Å². The van der Waals surface area contributed by atoms with E-state index in [1.165, 1.54) is 13.0 Å². The van der Waals surface area contributed by atoms with Gasteiger partial charge in [0, 0.05) is 18.7 Å². The molecule has 0 saturated heterocycles. The third kappa shape index (κ3) is 5.26. The summed E-state index contributed by atoms with van der Waals surface area (Å²) in [4.78, 5) is 22.8. The van der Waals surface area contributed by atoms with E-state index < -0.39 is 5.97 Å². The van der Waals surface area contributed by atoms with E-state index in [1.807, 2.05) is 0 Å². The smallest absolute Gasteiger partial charge is 0.331 e. The van der Waals surface area contributed by atoms with Crippen molar-refractivity contribution in [3.05, 3.63) is 35.9 Å². The molecule has 1 saturated carbocycles. The summed E-state index contributed by atoms with van der Waals surface area (Å²) >= 11 is 0. The normalized spacial score (nSPS) is 20.7. The van der Waals surface area contributed by atoms with Crippen molar-refractivity contribution in [1.29, 1.82) is 5.26 Å². The van der Waals surface area contributed by atoms with Crippen LogP contribution in [0.5, 0.6) is 0 Å². The number of esters is 1. The van der Waals surface area contributed by atoms with E-state index in [2.05, 4.69) is 11.4 Å². The van der Waals surface area contributed by atoms with Crippen LogP contribution in [0.4, 0.5) is 5.69 Å². The number of nitriles is 1. The maximum atomic E-state index is 11.9. The van der Waals surface area contributed by atoms with Crippen LogP contribution in [0.15, 0.2) is 30.3 Å². The largest absolute Gasteiger partial charge is 0.458 e. The molecule has 0 bridgehead atoms. The number of benzene rings is 1. The Balaban J connectivity index is 1.90. The highest BCUT2D eigenvalue weighted by atomic mass is 16.5. The minimum Gasteiger partial charge on any atom is -0.458 e. The standard InChI is InChI=1S/C18H20N2O3/c1-13(21)20-16-9-6-14(7-10-16)8-11-18(22)23-17-5-3-2-4-15(17)12-19/h6-11,15,17H,2-5H2,1H3,(H,20,21)/b11-8-/t15-,17-/m1/s1. The summed E-state index contributed by atoms with van der Waals surface area (Å²) in [6.07, 6.45) is 6.28. The number of nitrogens with zero attached hydrogens (tertiary/aromatic N) is 1. The van der Waals surface area contributed by atoms with Gasteiger partial charge in [0.25, 0.3) is 0 Å². The molecule has 5 heteroatoms. The second-order valence-electron chi connectivity index (χ2n) is 5.63. The van der Waals surface area contributed by atoms with E-state index in [0.717, 1.165) is 31.2 Å². The van der Waals surface area contributed by atoms with Gasteiger partial charge in [0.05, 0.1) is 12.0 Å². The van der Waals surface area contributed by atoms with Gasteiger partial charge in [-0.3, -0.25) is 4.79 Å². The second-order valence-corrected chi connectivity index (χ2v) is 5.63. The van der Waals surface area contributed by atoms with Crippen LogP contribution in [0.2, 0.25) is 0 Å². The van der Waals surface area contributed by atoms with Crippen LogP contribution in [0.1, 0.15) is 38.2 Å². The quantitative estimate of drug-likeness (QED) is 0.683. The van der Waals surface area contributed by atoms with Crippen LogP contribution in [0.3, 0.4) is 0 Å². The summed E-state index contributed by atoms with van der Waals surface area (Å²) in [6, 6.07) is 9.34. The van der Waals surface area contributed by atoms with Crippen molar-refractivity contribution in [2.75, 3.05) is 5.32 Å². The first-order valence-electron chi connectivity index (χ1n) is 7.74. The molecular weight excluding hydrogens is 292 g/mol. The van der Waals surface area contributed by atoms with Crippen molar-refractivity contribution >= 4 is 23.6 Å². The zero-order valence-electron chi connectivity index (χ0n) is 13.1. The van der Waals surface area contributed by atoms with Gasteiger partial charge in [-0.1, -0.05) is 18.6 Å². The zero-order valence-corrected chi connectivity index (χ0v) is 13.1. The van der Waals surface area contributed by atoms with E-state index in [0.29, 0.717) is 5.69 Å². The van der Waals surface area contributed by atoms with Crippen molar-refractivity contribution < 1.29 is 14.3 Å². The minimum absolute atomic E-state index is 0.128. The fraction of sp³-hybridized carbons (Fsp3) is 0.389. The number of ether oxygens (including phenoxy) is 1. The van der Waals surface area contributed by atoms with Crippen molar-refractivity contribution in [3.8, 4) is 6.07 Å². The van der Waals surface area contributed by atoms with Gasteiger partial charge in [-0.05, 0) is 43.0 Å². The lowest BCUT2D eigenvalue weighted by Crippen LogP contribution is -2.28. The fourth-order valence-electron chi connectivity index (χ4n) is 2.62. The van der Waals surface area contributed by atoms with Gasteiger partial charge in [-0.25, -0.2) is 4.79 Å². The molecule has 1 aromatic carbocycles. The maximum Gasteiger partial charge on any atom is 0.331 e. The van der Waals surface area contributed by atoms with E-state index in [9.17, 15) is 9.59 Å². The molecule has 0 aliphatic heterocycles. The molecular formula is C18H20N2O3. The average molecular weight is 312 g/mol. The van der Waals surface area contributed by atoms with Gasteiger partial charge in [0.15, 0.2) is 0 Å². The van der Waals surface area contributed by atoms with Crippen molar-refractivity contribution in [1.82, 2.24) is 0 Å². The molecule has 2 atom stereocenters. The molecule has 0 heterocycles. The van der Waals surface area contributed by atoms with Crippen molar-refractivity contribution in [2.24, 2.45) is 5.92 Å². The molecule has 0 unspecified atom stereocenters. The molecule has 1 N–H and O–H groups in total. The van der Waals surface area contributed by atoms with E-state index in [1.54, 1.807) is 30.3 Å². The topological polar surface area (TPSA) is 79.2 Å². The Hall–Kier alpha value is -2.61. The van der Waals surface area contributed by atoms with Crippen LogP contribution in [0.25, 0.3) is 6.08 Å². The number of carbonyl (C=O) groups is 2. The monoisotopic (exact) mass is 312 g/mol. The Kier molecular flexibility index (Phi) is 5.93. The Bertz CT molecular complexity index is 629. The third-order valence-electron chi connectivity index (χ3n) is 3.78. The molecule has 5 nitrogen and oxygen atoms in total. The summed E-state index contributed by atoms with van der Waals surface area (Å²) < 4.78 is 5.39. The number of amides is 1. The van der Waals surface area contributed by atoms with Crippen LogP contribution < -0.4 is 5.32 Å². The van der Waals surface area contributed by atoms with Crippen LogP contribution in [-0.2, 0) is 14.3 Å². The number of anilines is 1. The Labute approximate surface area is 135 Å². The molecule has 1 aliphatic rings. The van der Waals surface area contributed by atoms with E-state index in [-0.39, 0.29) is 17.9 Å². The molecule has 0 radical (unpaired) electrons. The van der Waals surface area contributed by atoms with Gasteiger partial charge < -0.3 is 10.1 Å². The number of carbonyl (C=O) groups excluding carboxylic acids is 2. The third-order valence-corrected chi connectivity index (χ3v) is 3.78. The predicted octanol–water partition coefficient (Wildman–Crippen LogP) is 3.28. The fourth-order valence-corrected chi connectivity index (χ4v) is 2.62. The number of hydrogen-bond donors (Lipinski definition) is 1. The number of rotatable bonds is 4. The highest BCUT2D eigenvalue weighted by molar-refractivity contribution is 5.89. The first-order chi connectivity index (χ1) is 11.1. The molecule has 1 fully saturated rings. The Morgan fingerprint density at radius 3 is 2.61 bits per heavy atom. The SMILES string of the molecule is CC(=O)Nc1ccc(/C=C\C(=O)O[C@@H]2CCCC[C@@H]2C#N)cc1. The van der Waals surface area contributed by atoms with Gasteiger partial charge in [0.1, 0.15) is 6.10 Å². The molecule has 1 amide bonds. The minimum atomic E-state index is -0.428. The van der Waals surface area contributed by atoms with Gasteiger partial charge in [-0.2, -0.15) is 5.26 Å². The first-order valence-corrected chi connectivity index (χ1v) is 7.74. The lowest BCUT2D eigenvalue weighted by atomic mass is 9.87. The molecule has 0 spiro atoms. The molecule has 1 aromatic rings. The van der Waals surface area contributed by atoms with Crippen LogP contribution >= 0.6 is 0 Å². The Morgan fingerprint density at radius 2 is 1.96 bits per heavy atom. The number of hydrogen-bond acceptors (Lipinski definition) is 4. The zero-order chi connectivity index (χ0) is 16.7. The maximum absolute atomic E-state index is 11.9. The molecule has 1 aliphatic carbocycles. The van der Waals surface area contributed by atoms with E-state index in [4.69, 9.17) is 10.00 Å². The van der Waals surface area contributed by atoms with Crippen molar-refractivity contribution in [3.63, 3.8) is 0 Å². The highest BCUT2D eigenvalue weighted by Gasteiger charge is 2.27. The molecule has 23 heavy (non-hydrogen) atoms. The molecule has 0 aromatic heterocycles. The molecule has 2 rings (SSSR count). The van der Waals surface area contributed by atoms with Gasteiger partial charge >= 0.3 is 5.97 Å². The first kappa shape index (κ1) is 16.8. The lowest BCUT2D eigenvalue weighted by molar-refractivity contribution is -0.146. The predicted molar refractivity (Wildman–Crippen MR) is 87.2 cm³/mol. The second kappa shape index (κ2) is 8.14. The van der Waals surface area contributed by atoms with E-state index >= 15 is 0 Å². The number of nitrogens with one attached hydrogen (secondary N) is 1. The lowest BCUT2D eigenvalue weighted by Gasteiger charge is -2.25. The van der Waals surface area contributed by atoms with Crippen LogP contribution in [0, 0.1) is 17.2 Å². The van der Waals surface area contributed by atoms with Gasteiger partial charge in [0.2, 0.25) is 5.91 Å².